The molecule has 1 fully saturated rings. The summed E-state index contributed by atoms with van der Waals surface area (Å²) in [6.07, 6.45) is -5.51. The SMILES string of the molecule is CC(C)CCC[C@H]1CC(=O)N[C@H](CO)C(=O)N[C@@H]([C@@H](O)C(N)=O)C(=O)N[C@@H](CO)C(=O)NCC(=O)N[C@H](Cc2ccccc2)C(=O)N[C@H](CC(C)C)C(=O)N[C@H](CCCN)C(=O)N[C@@H](CCC(=O)O)C(=O)N[C@@H](CC(N)=O)C(=O)N[C@@H](Cc2c[nH]c3ccccc23)C(=O)N[C@H](CCCN)C(=O)N(C)[C@H](C(C)C)C(=O)O1. The number of aliphatic hydroxyl groups excluding tert-OH is 3. The Morgan fingerprint density at radius 1 is 0.545 bits per heavy atom. The molecule has 38 nitrogen and oxygen atoms in total. The van der Waals surface area contributed by atoms with E-state index in [1.165, 1.54) is 7.05 Å². The molecular weight excluding hydrogens is 1440 g/mol. The average Bonchev–Trinajstić information content (AvgIpc) is 1.34. The van der Waals surface area contributed by atoms with Gasteiger partial charge in [-0.2, -0.15) is 0 Å². The Hall–Kier alpha value is -10.7. The third-order valence-electron chi connectivity index (χ3n) is 17.9. The van der Waals surface area contributed by atoms with E-state index in [2.05, 4.69) is 52.8 Å². The first kappa shape index (κ1) is 91.7. The molecule has 14 amide bonds. The minimum Gasteiger partial charge on any atom is -0.481 e. The first-order valence-electron chi connectivity index (χ1n) is 36.5. The van der Waals surface area contributed by atoms with E-state index in [9.17, 15) is 92.3 Å². The van der Waals surface area contributed by atoms with Crippen molar-refractivity contribution in [3.63, 3.8) is 0 Å². The number of likely N-dealkylation sites (N-methyl/N-ethyl adjacent to an activating group) is 1. The van der Waals surface area contributed by atoms with Crippen LogP contribution in [0.2, 0.25) is 0 Å². The number of benzene rings is 2. The van der Waals surface area contributed by atoms with Crippen LogP contribution in [0.1, 0.15) is 130 Å². The summed E-state index contributed by atoms with van der Waals surface area (Å²) in [4.78, 5) is 228. The molecule has 0 radical (unpaired) electrons. The van der Waals surface area contributed by atoms with Crippen LogP contribution in [0.25, 0.3) is 10.9 Å². The number of rotatable bonds is 26. The number of H-pyrrole nitrogens is 1. The minimum atomic E-state index is -2.59. The van der Waals surface area contributed by atoms with Gasteiger partial charge in [0, 0.05) is 43.4 Å². The number of aromatic amines is 1. The fourth-order valence-corrected chi connectivity index (χ4v) is 12.0. The van der Waals surface area contributed by atoms with E-state index in [4.69, 9.17) is 27.7 Å². The second-order valence-corrected chi connectivity index (χ2v) is 28.2. The van der Waals surface area contributed by atoms with Crippen LogP contribution in [-0.2, 0) is 94.3 Å². The first-order chi connectivity index (χ1) is 52.0. The number of hydrogen-bond donors (Lipinski definition) is 20. The number of amides is 14. The van der Waals surface area contributed by atoms with Crippen molar-refractivity contribution in [1.29, 1.82) is 0 Å². The summed E-state index contributed by atoms with van der Waals surface area (Å²) in [5, 5.41) is 68.2. The number of aliphatic hydroxyl groups is 3. The number of fused-ring (bicyclic) bond motifs is 1. The number of primary amides is 2. The summed E-state index contributed by atoms with van der Waals surface area (Å²) >= 11 is 0. The second kappa shape index (κ2) is 46.0. The third-order valence-corrected chi connectivity index (χ3v) is 17.9. The summed E-state index contributed by atoms with van der Waals surface area (Å²) in [5.41, 5.74) is 24.4. The molecule has 1 aliphatic rings. The van der Waals surface area contributed by atoms with Gasteiger partial charge in [0.2, 0.25) is 82.7 Å². The molecule has 0 aliphatic carbocycles. The van der Waals surface area contributed by atoms with Gasteiger partial charge in [-0.25, -0.2) is 4.79 Å². The van der Waals surface area contributed by atoms with Crippen LogP contribution in [0.15, 0.2) is 60.8 Å². The lowest BCUT2D eigenvalue weighted by Gasteiger charge is -2.34. The number of nitrogens with two attached hydrogens (primary N) is 4. The molecule has 3 aromatic rings. The van der Waals surface area contributed by atoms with Gasteiger partial charge in [0.1, 0.15) is 72.6 Å². The maximum atomic E-state index is 15.0. The summed E-state index contributed by atoms with van der Waals surface area (Å²) < 4.78 is 6.01. The van der Waals surface area contributed by atoms with Gasteiger partial charge >= 0.3 is 11.9 Å². The number of carboxylic acid groups (broad SMARTS) is 1. The molecule has 0 saturated carbocycles. The smallest absolute Gasteiger partial charge is 0.329 e. The molecule has 608 valence electrons. The molecule has 38 heteroatoms. The highest BCUT2D eigenvalue weighted by Crippen LogP contribution is 2.23. The van der Waals surface area contributed by atoms with Crippen molar-refractivity contribution in [2.75, 3.05) is 39.9 Å². The van der Waals surface area contributed by atoms with E-state index in [1.807, 2.05) is 24.5 Å². The number of ether oxygens (including phenoxy) is 1. The maximum absolute atomic E-state index is 15.0. The quantitative estimate of drug-likeness (QED) is 0.0334. The zero-order valence-corrected chi connectivity index (χ0v) is 62.9. The van der Waals surface area contributed by atoms with Gasteiger partial charge in [0.05, 0.1) is 32.6 Å². The summed E-state index contributed by atoms with van der Waals surface area (Å²) in [7, 11) is 1.25. The largest absolute Gasteiger partial charge is 0.481 e. The van der Waals surface area contributed by atoms with Crippen molar-refractivity contribution in [2.45, 2.75) is 210 Å². The van der Waals surface area contributed by atoms with Gasteiger partial charge in [-0.1, -0.05) is 96.5 Å². The number of aromatic nitrogens is 1. The van der Waals surface area contributed by atoms with E-state index in [-0.39, 0.29) is 76.3 Å². The van der Waals surface area contributed by atoms with Crippen LogP contribution in [0.3, 0.4) is 0 Å². The molecule has 1 aromatic heterocycles. The predicted octanol–water partition coefficient (Wildman–Crippen LogP) is -5.36. The van der Waals surface area contributed by atoms with Crippen molar-refractivity contribution in [3.05, 3.63) is 71.9 Å². The number of cyclic esters (lactones) is 1. The molecule has 4 rings (SSSR count). The van der Waals surface area contributed by atoms with Gasteiger partial charge in [-0.15, -0.1) is 0 Å². The first-order valence-corrected chi connectivity index (χ1v) is 36.5. The number of esters is 1. The highest BCUT2D eigenvalue weighted by molar-refractivity contribution is 6.01. The number of nitrogens with zero attached hydrogens (tertiary/aromatic N) is 1. The Bertz CT molecular complexity index is 3670. The molecule has 2 heterocycles. The topological polar surface area (TPSA) is 619 Å². The molecule has 1 saturated heterocycles. The number of aliphatic carboxylic acids is 1. The highest BCUT2D eigenvalue weighted by Gasteiger charge is 2.41. The maximum Gasteiger partial charge on any atom is 0.329 e. The number of carboxylic acids is 1. The molecule has 2 aromatic carbocycles. The number of carbonyl (C=O) groups is 16. The van der Waals surface area contributed by atoms with E-state index in [0.29, 0.717) is 34.9 Å². The fourth-order valence-electron chi connectivity index (χ4n) is 12.0. The number of nitrogens with one attached hydrogen (secondary N) is 12. The zero-order valence-electron chi connectivity index (χ0n) is 62.9. The van der Waals surface area contributed by atoms with Crippen LogP contribution < -0.4 is 81.4 Å². The lowest BCUT2D eigenvalue weighted by atomic mass is 9.99. The summed E-state index contributed by atoms with van der Waals surface area (Å²) in [6.45, 7) is 6.86. The van der Waals surface area contributed by atoms with Crippen molar-refractivity contribution >= 4 is 106 Å². The van der Waals surface area contributed by atoms with Gasteiger partial charge in [-0.3, -0.25) is 71.9 Å². The Labute approximate surface area is 636 Å². The summed E-state index contributed by atoms with van der Waals surface area (Å²) in [5.74, 6) is -20.1. The van der Waals surface area contributed by atoms with Crippen molar-refractivity contribution in [2.24, 2.45) is 40.7 Å². The second-order valence-electron chi connectivity index (χ2n) is 28.2. The third kappa shape index (κ3) is 30.0. The van der Waals surface area contributed by atoms with Crippen molar-refractivity contribution in [1.82, 2.24) is 68.4 Å². The van der Waals surface area contributed by atoms with Crippen LogP contribution >= 0.6 is 0 Å². The van der Waals surface area contributed by atoms with Crippen LogP contribution in [0.5, 0.6) is 0 Å². The van der Waals surface area contributed by atoms with Gasteiger partial charge in [-0.05, 0) is 99.4 Å². The lowest BCUT2D eigenvalue weighted by Crippen LogP contribution is -2.63. The molecule has 24 N–H and O–H groups in total. The van der Waals surface area contributed by atoms with E-state index >= 15 is 4.79 Å². The fraction of sp³-hybridized carbons (Fsp3) is 0.583. The minimum absolute atomic E-state index is 0.0134. The Balaban J connectivity index is 1.90. The van der Waals surface area contributed by atoms with E-state index < -0.39 is 225 Å². The van der Waals surface area contributed by atoms with Crippen LogP contribution in [0.4, 0.5) is 0 Å². The number of carbonyl (C=O) groups excluding carboxylic acids is 15. The normalized spacial score (nSPS) is 24.2. The van der Waals surface area contributed by atoms with Crippen molar-refractivity contribution in [3.8, 4) is 0 Å². The molecular formula is C72H109N17O21. The number of hydrogen-bond acceptors (Lipinski definition) is 22. The van der Waals surface area contributed by atoms with Crippen molar-refractivity contribution < 1.29 is 102 Å². The molecule has 0 spiro atoms. The Morgan fingerprint density at radius 2 is 1.05 bits per heavy atom. The molecule has 0 bridgehead atoms. The van der Waals surface area contributed by atoms with Crippen LogP contribution in [0, 0.1) is 17.8 Å². The van der Waals surface area contributed by atoms with Gasteiger partial charge in [0.15, 0.2) is 6.10 Å². The van der Waals surface area contributed by atoms with E-state index in [1.54, 1.807) is 88.5 Å². The Kier molecular flexibility index (Phi) is 38.3. The average molecular weight is 1550 g/mol. The van der Waals surface area contributed by atoms with Crippen LogP contribution in [-0.4, -0.2) is 244 Å². The number of para-hydroxylation sites is 1. The van der Waals surface area contributed by atoms with Gasteiger partial charge < -0.3 is 116 Å². The molecule has 13 atom stereocenters. The molecule has 0 unspecified atom stereocenters. The zero-order chi connectivity index (χ0) is 82.1. The predicted molar refractivity (Wildman–Crippen MR) is 395 cm³/mol. The monoisotopic (exact) mass is 1550 g/mol. The summed E-state index contributed by atoms with van der Waals surface area (Å²) in [6, 6.07) is -4.57. The Morgan fingerprint density at radius 3 is 1.62 bits per heavy atom. The van der Waals surface area contributed by atoms with E-state index in [0.717, 1.165) is 4.90 Å². The molecule has 1 aliphatic heterocycles. The molecule has 110 heavy (non-hydrogen) atoms. The van der Waals surface area contributed by atoms with Gasteiger partial charge in [0.25, 0.3) is 0 Å². The standard InChI is InChI=1S/C72H109N17O21/c1-37(2)16-13-19-42-31-55(93)80-53(36-91)69(106)88-58(60(97)61(76)98)70(107)87-52(35-90)62(99)78-34-56(94)79-49(29-40-17-9-8-10-18-40)66(103)84-48(28-38(3)4)65(102)81-45(22-14-26-73)63(100)82-46(24-25-57(95)96)64(101)86-51(32-54(75)92)68(105)85-50(30-41-33-77-44-21-12-11-20-43(41)44)67(104)83-47(23-15-27-74)71(108)89(7)59(39(5)6)72(109)110-42/h8-12,17-18,20-21,33,37-39,42,45-53,58-60,77,90-91,97H,13-16,19,22-32,34-36,73-74H2,1-7H3,(H2,75,92)(H2,76,98)(H,78,99)(H,79,94)(H,80,93)(H,81,102)(H,82,100)(H,83,104)(H,84,103)(H,85,105)(H,86,101)(H,87,107)(H,88,106)(H,95,96)/t42-,45+,46-,47+,48+,49+,50-,51-,52-,53+,58-,59+,60+/m0/s1. The highest BCUT2D eigenvalue weighted by atomic mass is 16.5. The lowest BCUT2D eigenvalue weighted by molar-refractivity contribution is -0.162.